The summed E-state index contributed by atoms with van der Waals surface area (Å²) >= 11 is 13.7. The summed E-state index contributed by atoms with van der Waals surface area (Å²) in [6, 6.07) is 5.76. The molecule has 0 bridgehead atoms. The summed E-state index contributed by atoms with van der Waals surface area (Å²) in [5.74, 6) is -0.0694. The van der Waals surface area contributed by atoms with Gasteiger partial charge in [-0.1, -0.05) is 43.1 Å². The highest BCUT2D eigenvalue weighted by Gasteiger charge is 2.32. The van der Waals surface area contributed by atoms with Crippen molar-refractivity contribution in [3.63, 3.8) is 0 Å². The summed E-state index contributed by atoms with van der Waals surface area (Å²) in [4.78, 5) is 13.1. The molecule has 0 saturated heterocycles. The van der Waals surface area contributed by atoms with E-state index in [9.17, 15) is 4.79 Å². The number of amides is 1. The van der Waals surface area contributed by atoms with Crippen molar-refractivity contribution in [1.29, 1.82) is 0 Å². The van der Waals surface area contributed by atoms with Gasteiger partial charge in [-0.3, -0.25) is 4.79 Å². The molecule has 0 aliphatic heterocycles. The smallest absolute Gasteiger partial charge is 0.263 e. The second kappa shape index (κ2) is 5.45. The minimum atomic E-state index is -0.0694. The number of halogens is 2. The molecule has 2 aromatic rings. The lowest BCUT2D eigenvalue weighted by Gasteiger charge is -2.17. The van der Waals surface area contributed by atoms with Crippen LogP contribution in [0.2, 0.25) is 10.0 Å². The number of hydrogen-bond donors (Lipinski definition) is 1. The molecule has 112 valence electrons. The van der Waals surface area contributed by atoms with E-state index in [-0.39, 0.29) is 11.9 Å². The molecule has 1 N–H and O–H groups in total. The van der Waals surface area contributed by atoms with Gasteiger partial charge in [-0.15, -0.1) is 11.3 Å². The zero-order chi connectivity index (χ0) is 15.2. The standard InChI is InChI=1S/C16H17Cl2NOS/c1-16(2)6-5-10(8-16)19-15(20)14-13(18)11-4-3-9(17)7-12(11)21-14/h3-4,7,10H,5-6,8H2,1-2H3,(H,19,20). The molecule has 1 unspecified atom stereocenters. The summed E-state index contributed by atoms with van der Waals surface area (Å²) in [6.45, 7) is 4.49. The van der Waals surface area contributed by atoms with Crippen LogP contribution in [0.4, 0.5) is 0 Å². The van der Waals surface area contributed by atoms with E-state index in [1.54, 1.807) is 6.07 Å². The molecule has 1 heterocycles. The average molecular weight is 342 g/mol. The second-order valence-electron chi connectivity index (χ2n) is 6.46. The normalized spacial score (nSPS) is 20.9. The predicted molar refractivity (Wildman–Crippen MR) is 90.7 cm³/mol. The number of thiophene rings is 1. The lowest BCUT2D eigenvalue weighted by molar-refractivity contribution is 0.0940. The Kier molecular flexibility index (Phi) is 3.93. The lowest BCUT2D eigenvalue weighted by Crippen LogP contribution is -2.33. The highest BCUT2D eigenvalue weighted by atomic mass is 35.5. The van der Waals surface area contributed by atoms with Crippen LogP contribution in [-0.2, 0) is 0 Å². The van der Waals surface area contributed by atoms with Gasteiger partial charge in [-0.05, 0) is 36.8 Å². The first kappa shape index (κ1) is 15.1. The van der Waals surface area contributed by atoms with Gasteiger partial charge in [0.25, 0.3) is 5.91 Å². The number of hydrogen-bond acceptors (Lipinski definition) is 2. The van der Waals surface area contributed by atoms with Crippen LogP contribution in [0.3, 0.4) is 0 Å². The number of rotatable bonds is 2. The molecule has 2 nitrogen and oxygen atoms in total. The number of carbonyl (C=O) groups excluding carboxylic acids is 1. The van der Waals surface area contributed by atoms with Gasteiger partial charge in [0.05, 0.1) is 5.02 Å². The molecular weight excluding hydrogens is 325 g/mol. The molecule has 1 aromatic carbocycles. The average Bonchev–Trinajstić information content (AvgIpc) is 2.90. The van der Waals surface area contributed by atoms with Crippen LogP contribution in [0.5, 0.6) is 0 Å². The van der Waals surface area contributed by atoms with Crippen LogP contribution >= 0.6 is 34.5 Å². The highest BCUT2D eigenvalue weighted by molar-refractivity contribution is 7.21. The molecule has 1 fully saturated rings. The Labute approximate surface area is 138 Å². The molecular formula is C16H17Cl2NOS. The van der Waals surface area contributed by atoms with Crippen LogP contribution < -0.4 is 5.32 Å². The van der Waals surface area contributed by atoms with Crippen molar-refractivity contribution in [2.24, 2.45) is 5.41 Å². The quantitative estimate of drug-likeness (QED) is 0.765. The van der Waals surface area contributed by atoms with Gasteiger partial charge in [-0.2, -0.15) is 0 Å². The van der Waals surface area contributed by atoms with Gasteiger partial charge >= 0.3 is 0 Å². The third kappa shape index (κ3) is 3.05. The zero-order valence-corrected chi connectivity index (χ0v) is 14.3. The molecule has 1 saturated carbocycles. The van der Waals surface area contributed by atoms with E-state index in [4.69, 9.17) is 23.2 Å². The van der Waals surface area contributed by atoms with Crippen LogP contribution in [0.25, 0.3) is 10.1 Å². The summed E-state index contributed by atoms with van der Waals surface area (Å²) in [5.41, 5.74) is 0.315. The molecule has 5 heteroatoms. The summed E-state index contributed by atoms with van der Waals surface area (Å²) < 4.78 is 0.949. The maximum Gasteiger partial charge on any atom is 0.263 e. The van der Waals surface area contributed by atoms with Crippen molar-refractivity contribution in [1.82, 2.24) is 5.32 Å². The van der Waals surface area contributed by atoms with Crippen LogP contribution in [-0.4, -0.2) is 11.9 Å². The van der Waals surface area contributed by atoms with Crippen LogP contribution in [0.1, 0.15) is 42.8 Å². The third-order valence-electron chi connectivity index (χ3n) is 4.10. The highest BCUT2D eigenvalue weighted by Crippen LogP contribution is 2.39. The molecule has 0 spiro atoms. The summed E-state index contributed by atoms with van der Waals surface area (Å²) in [6.07, 6.45) is 3.20. The minimum absolute atomic E-state index is 0.0694. The van der Waals surface area contributed by atoms with Crippen molar-refractivity contribution in [2.45, 2.75) is 39.2 Å². The Morgan fingerprint density at radius 2 is 2.14 bits per heavy atom. The SMILES string of the molecule is CC1(C)CCC(NC(=O)c2sc3cc(Cl)ccc3c2Cl)C1. The fourth-order valence-electron chi connectivity index (χ4n) is 3.00. The van der Waals surface area contributed by atoms with Crippen molar-refractivity contribution in [2.75, 3.05) is 0 Å². The maximum atomic E-state index is 12.5. The van der Waals surface area contributed by atoms with Gasteiger partial charge in [0.15, 0.2) is 0 Å². The summed E-state index contributed by atoms with van der Waals surface area (Å²) in [7, 11) is 0. The Hall–Kier alpha value is -0.770. The lowest BCUT2D eigenvalue weighted by atomic mass is 9.92. The second-order valence-corrected chi connectivity index (χ2v) is 8.33. The fourth-order valence-corrected chi connectivity index (χ4v) is 4.69. The first-order chi connectivity index (χ1) is 9.85. The number of carbonyl (C=O) groups is 1. The topological polar surface area (TPSA) is 29.1 Å². The molecule has 21 heavy (non-hydrogen) atoms. The Bertz CT molecular complexity index is 708. The van der Waals surface area contributed by atoms with E-state index in [0.29, 0.717) is 20.3 Å². The van der Waals surface area contributed by atoms with E-state index in [1.165, 1.54) is 11.3 Å². The van der Waals surface area contributed by atoms with E-state index >= 15 is 0 Å². The number of fused-ring (bicyclic) bond motifs is 1. The largest absolute Gasteiger partial charge is 0.349 e. The minimum Gasteiger partial charge on any atom is -0.349 e. The molecule has 1 aromatic heterocycles. The van der Waals surface area contributed by atoms with E-state index in [1.807, 2.05) is 12.1 Å². The fraction of sp³-hybridized carbons (Fsp3) is 0.438. The van der Waals surface area contributed by atoms with Crippen LogP contribution in [0, 0.1) is 5.41 Å². The van der Waals surface area contributed by atoms with Gasteiger partial charge in [-0.25, -0.2) is 0 Å². The molecule has 0 radical (unpaired) electrons. The van der Waals surface area contributed by atoms with Crippen molar-refractivity contribution in [3.8, 4) is 0 Å². The molecule has 3 rings (SSSR count). The predicted octanol–water partition coefficient (Wildman–Crippen LogP) is 5.52. The van der Waals surface area contributed by atoms with E-state index in [0.717, 1.165) is 29.3 Å². The summed E-state index contributed by atoms with van der Waals surface area (Å²) in [5, 5.41) is 5.20. The van der Waals surface area contributed by atoms with Gasteiger partial charge in [0.1, 0.15) is 4.88 Å². The molecule has 1 aliphatic carbocycles. The third-order valence-corrected chi connectivity index (χ3v) is 5.99. The van der Waals surface area contributed by atoms with Gasteiger partial charge in [0, 0.05) is 21.2 Å². The Morgan fingerprint density at radius 1 is 1.38 bits per heavy atom. The number of benzene rings is 1. The number of nitrogens with one attached hydrogen (secondary N) is 1. The van der Waals surface area contributed by atoms with Gasteiger partial charge < -0.3 is 5.32 Å². The van der Waals surface area contributed by atoms with Crippen LogP contribution in [0.15, 0.2) is 18.2 Å². The maximum absolute atomic E-state index is 12.5. The molecule has 1 atom stereocenters. The monoisotopic (exact) mass is 341 g/mol. The van der Waals surface area contributed by atoms with E-state index in [2.05, 4.69) is 19.2 Å². The Morgan fingerprint density at radius 3 is 2.81 bits per heavy atom. The zero-order valence-electron chi connectivity index (χ0n) is 12.0. The van der Waals surface area contributed by atoms with Crippen molar-refractivity contribution >= 4 is 50.5 Å². The molecule has 1 aliphatic rings. The van der Waals surface area contributed by atoms with Crippen molar-refractivity contribution < 1.29 is 4.79 Å². The van der Waals surface area contributed by atoms with Crippen molar-refractivity contribution in [3.05, 3.63) is 33.1 Å². The molecule has 1 amide bonds. The van der Waals surface area contributed by atoms with E-state index < -0.39 is 0 Å². The van der Waals surface area contributed by atoms with Gasteiger partial charge in [0.2, 0.25) is 0 Å². The first-order valence-electron chi connectivity index (χ1n) is 7.04. The Balaban J connectivity index is 1.83. The first-order valence-corrected chi connectivity index (χ1v) is 8.61.